The highest BCUT2D eigenvalue weighted by atomic mass is 35.5. The van der Waals surface area contributed by atoms with Crippen molar-refractivity contribution in [3.05, 3.63) is 40.2 Å². The van der Waals surface area contributed by atoms with E-state index in [1.165, 1.54) is 18.2 Å². The molecule has 0 radical (unpaired) electrons. The first-order valence-electron chi connectivity index (χ1n) is 5.77. The van der Waals surface area contributed by atoms with Crippen molar-refractivity contribution in [2.24, 2.45) is 0 Å². The molecule has 1 aromatic heterocycles. The molecule has 0 unspecified atom stereocenters. The summed E-state index contributed by atoms with van der Waals surface area (Å²) >= 11 is 6.65. The Morgan fingerprint density at radius 3 is 2.65 bits per heavy atom. The standard InChI is InChI=1S/C12H12ClFN2O2S2/c1-3-16(10-6-4-5-9(14)7-10)20(17,18)11-8(2)15-12(13)19-11/h4-7H,3H2,1-2H3. The van der Waals surface area contributed by atoms with Gasteiger partial charge >= 0.3 is 0 Å². The zero-order chi connectivity index (χ0) is 14.9. The molecule has 0 aliphatic heterocycles. The normalized spacial score (nSPS) is 11.6. The fourth-order valence-corrected chi connectivity index (χ4v) is 5.12. The van der Waals surface area contributed by atoms with Crippen molar-refractivity contribution in [2.45, 2.75) is 18.1 Å². The quantitative estimate of drug-likeness (QED) is 0.860. The molecule has 2 aromatic rings. The molecular weight excluding hydrogens is 323 g/mol. The van der Waals surface area contributed by atoms with Gasteiger partial charge in [-0.1, -0.05) is 29.0 Å². The first-order chi connectivity index (χ1) is 9.36. The summed E-state index contributed by atoms with van der Waals surface area (Å²) in [6.45, 7) is 3.44. The highest BCUT2D eigenvalue weighted by Gasteiger charge is 2.28. The first-order valence-corrected chi connectivity index (χ1v) is 8.41. The minimum Gasteiger partial charge on any atom is -0.266 e. The number of nitrogens with zero attached hydrogens (tertiary/aromatic N) is 2. The summed E-state index contributed by atoms with van der Waals surface area (Å²) in [6, 6.07) is 5.45. The molecule has 0 fully saturated rings. The Morgan fingerprint density at radius 1 is 1.45 bits per heavy atom. The molecule has 0 spiro atoms. The third-order valence-corrected chi connectivity index (χ3v) is 6.39. The number of hydrogen-bond acceptors (Lipinski definition) is 4. The lowest BCUT2D eigenvalue weighted by molar-refractivity contribution is 0.592. The van der Waals surface area contributed by atoms with Gasteiger partial charge in [0.15, 0.2) is 8.68 Å². The molecule has 4 nitrogen and oxygen atoms in total. The summed E-state index contributed by atoms with van der Waals surface area (Å²) < 4.78 is 39.9. The Hall–Kier alpha value is -1.18. The number of sulfonamides is 1. The average molecular weight is 335 g/mol. The molecule has 0 atom stereocenters. The first kappa shape index (κ1) is 15.2. The summed E-state index contributed by atoms with van der Waals surface area (Å²) in [4.78, 5) is 3.91. The molecule has 0 N–H and O–H groups in total. The number of aromatic nitrogens is 1. The number of halogens is 2. The molecule has 108 valence electrons. The van der Waals surface area contributed by atoms with Crippen LogP contribution in [0.15, 0.2) is 28.5 Å². The molecule has 0 saturated heterocycles. The van der Waals surface area contributed by atoms with Gasteiger partial charge in [-0.3, -0.25) is 4.31 Å². The van der Waals surface area contributed by atoms with E-state index in [0.717, 1.165) is 15.6 Å². The zero-order valence-corrected chi connectivity index (χ0v) is 13.2. The lowest BCUT2D eigenvalue weighted by Crippen LogP contribution is -2.30. The van der Waals surface area contributed by atoms with Gasteiger partial charge in [0.05, 0.1) is 11.4 Å². The van der Waals surface area contributed by atoms with E-state index in [-0.39, 0.29) is 20.9 Å². The van der Waals surface area contributed by atoms with Gasteiger partial charge in [0, 0.05) is 6.54 Å². The van der Waals surface area contributed by atoms with E-state index in [1.54, 1.807) is 19.9 Å². The van der Waals surface area contributed by atoms with Crippen molar-refractivity contribution in [3.8, 4) is 0 Å². The second-order valence-electron chi connectivity index (χ2n) is 3.99. The van der Waals surface area contributed by atoms with Crippen molar-refractivity contribution in [2.75, 3.05) is 10.8 Å². The summed E-state index contributed by atoms with van der Waals surface area (Å²) in [7, 11) is -3.79. The summed E-state index contributed by atoms with van der Waals surface area (Å²) in [5.74, 6) is -0.491. The molecule has 0 aliphatic rings. The smallest absolute Gasteiger partial charge is 0.266 e. The van der Waals surface area contributed by atoms with E-state index in [4.69, 9.17) is 11.6 Å². The maximum Gasteiger partial charge on any atom is 0.275 e. The largest absolute Gasteiger partial charge is 0.275 e. The van der Waals surface area contributed by atoms with Gasteiger partial charge in [-0.15, -0.1) is 0 Å². The van der Waals surface area contributed by atoms with Crippen LogP contribution >= 0.6 is 22.9 Å². The predicted octanol–water partition coefficient (Wildman–Crippen LogP) is 3.46. The highest BCUT2D eigenvalue weighted by molar-refractivity contribution is 7.94. The van der Waals surface area contributed by atoms with Crippen LogP contribution < -0.4 is 4.31 Å². The van der Waals surface area contributed by atoms with E-state index < -0.39 is 15.8 Å². The minimum atomic E-state index is -3.79. The summed E-state index contributed by atoms with van der Waals surface area (Å²) in [5.41, 5.74) is 0.617. The molecule has 20 heavy (non-hydrogen) atoms. The van der Waals surface area contributed by atoms with Gasteiger partial charge in [-0.2, -0.15) is 0 Å². The van der Waals surface area contributed by atoms with Crippen LogP contribution in [0.3, 0.4) is 0 Å². The number of benzene rings is 1. The van der Waals surface area contributed by atoms with Gasteiger partial charge in [0.1, 0.15) is 5.82 Å². The second-order valence-corrected chi connectivity index (χ2v) is 7.63. The third kappa shape index (κ3) is 2.79. The maximum absolute atomic E-state index is 13.3. The Bertz CT molecular complexity index is 731. The third-order valence-electron chi connectivity index (χ3n) is 2.64. The van der Waals surface area contributed by atoms with Crippen molar-refractivity contribution in [1.82, 2.24) is 4.98 Å². The van der Waals surface area contributed by atoms with Gasteiger partial charge < -0.3 is 0 Å². The fraction of sp³-hybridized carbons (Fsp3) is 0.250. The van der Waals surface area contributed by atoms with E-state index in [9.17, 15) is 12.8 Å². The van der Waals surface area contributed by atoms with Crippen LogP contribution in [0.25, 0.3) is 0 Å². The SMILES string of the molecule is CCN(c1cccc(F)c1)S(=O)(=O)c1sc(Cl)nc1C. The van der Waals surface area contributed by atoms with Gasteiger partial charge in [-0.05, 0) is 32.0 Å². The number of anilines is 1. The van der Waals surface area contributed by atoms with Crippen LogP contribution in [0.2, 0.25) is 4.47 Å². The molecule has 1 heterocycles. The molecule has 2 rings (SSSR count). The molecule has 1 aromatic carbocycles. The van der Waals surface area contributed by atoms with Gasteiger partial charge in [-0.25, -0.2) is 17.8 Å². The van der Waals surface area contributed by atoms with Crippen molar-refractivity contribution in [3.63, 3.8) is 0 Å². The number of hydrogen-bond donors (Lipinski definition) is 0. The van der Waals surface area contributed by atoms with Gasteiger partial charge in [0.25, 0.3) is 10.0 Å². The molecular formula is C12H12ClFN2O2S2. The lowest BCUT2D eigenvalue weighted by atomic mass is 10.3. The topological polar surface area (TPSA) is 50.3 Å². The van der Waals surface area contributed by atoms with Crippen LogP contribution in [0, 0.1) is 12.7 Å². The average Bonchev–Trinajstić information content (AvgIpc) is 2.70. The summed E-state index contributed by atoms with van der Waals surface area (Å²) in [5, 5.41) is 0. The predicted molar refractivity (Wildman–Crippen MR) is 78.5 cm³/mol. The van der Waals surface area contributed by atoms with Crippen LogP contribution in [-0.4, -0.2) is 19.9 Å². The highest BCUT2D eigenvalue weighted by Crippen LogP contribution is 2.31. The van der Waals surface area contributed by atoms with E-state index in [0.29, 0.717) is 5.69 Å². The second kappa shape index (κ2) is 5.67. The van der Waals surface area contributed by atoms with Crippen molar-refractivity contribution in [1.29, 1.82) is 0 Å². The summed E-state index contributed by atoms with van der Waals surface area (Å²) in [6.07, 6.45) is 0. The Kier molecular flexibility index (Phi) is 4.31. The Morgan fingerprint density at radius 2 is 2.15 bits per heavy atom. The van der Waals surface area contributed by atoms with E-state index >= 15 is 0 Å². The van der Waals surface area contributed by atoms with Crippen LogP contribution in [0.1, 0.15) is 12.6 Å². The molecule has 0 bridgehead atoms. The molecule has 8 heteroatoms. The minimum absolute atomic E-state index is 0.0774. The van der Waals surface area contributed by atoms with Gasteiger partial charge in [0.2, 0.25) is 0 Å². The number of rotatable bonds is 4. The number of aryl methyl sites for hydroxylation is 1. The molecule has 0 aliphatic carbocycles. The Balaban J connectivity index is 2.53. The molecule has 0 amide bonds. The number of thiazole rings is 1. The van der Waals surface area contributed by atoms with Crippen molar-refractivity contribution < 1.29 is 12.8 Å². The maximum atomic E-state index is 13.3. The molecule has 0 saturated carbocycles. The van der Waals surface area contributed by atoms with E-state index in [1.807, 2.05) is 0 Å². The lowest BCUT2D eigenvalue weighted by Gasteiger charge is -2.22. The van der Waals surface area contributed by atoms with Crippen molar-refractivity contribution >= 4 is 38.6 Å². The van der Waals surface area contributed by atoms with Crippen LogP contribution in [0.4, 0.5) is 10.1 Å². The van der Waals surface area contributed by atoms with E-state index in [2.05, 4.69) is 4.98 Å². The zero-order valence-electron chi connectivity index (χ0n) is 10.8. The monoisotopic (exact) mass is 334 g/mol. The Labute approximate surface area is 125 Å². The van der Waals surface area contributed by atoms with Crippen LogP contribution in [0.5, 0.6) is 0 Å². The fourth-order valence-electron chi connectivity index (χ4n) is 1.81. The van der Waals surface area contributed by atoms with Crippen LogP contribution in [-0.2, 0) is 10.0 Å².